The number of nitrogens with zero attached hydrogens (tertiary/aromatic N) is 1. The van der Waals surface area contributed by atoms with E-state index in [9.17, 15) is 4.79 Å². The van der Waals surface area contributed by atoms with Crippen LogP contribution in [0.4, 0.5) is 5.69 Å². The van der Waals surface area contributed by atoms with Crippen molar-refractivity contribution in [1.29, 1.82) is 0 Å². The van der Waals surface area contributed by atoms with Gasteiger partial charge in [0.15, 0.2) is 0 Å². The van der Waals surface area contributed by atoms with Gasteiger partial charge in [-0.05, 0) is 42.5 Å². The summed E-state index contributed by atoms with van der Waals surface area (Å²) >= 11 is 11.9. The lowest BCUT2D eigenvalue weighted by molar-refractivity contribution is -0.116. The van der Waals surface area contributed by atoms with Crippen molar-refractivity contribution >= 4 is 45.7 Å². The zero-order valence-corrected chi connectivity index (χ0v) is 12.5. The van der Waals surface area contributed by atoms with Crippen molar-refractivity contribution in [3.8, 4) is 0 Å². The Morgan fingerprint density at radius 2 is 1.81 bits per heavy atom. The van der Waals surface area contributed by atoms with E-state index >= 15 is 0 Å². The smallest absolute Gasteiger partial charge is 0.244 e. The lowest BCUT2D eigenvalue weighted by Crippen LogP contribution is -2.18. The third kappa shape index (κ3) is 3.04. The summed E-state index contributed by atoms with van der Waals surface area (Å²) in [7, 11) is 0. The molecule has 0 aliphatic carbocycles. The molecule has 0 saturated heterocycles. The van der Waals surface area contributed by atoms with Gasteiger partial charge in [0.25, 0.3) is 0 Å². The number of anilines is 1. The van der Waals surface area contributed by atoms with E-state index in [1.165, 1.54) is 0 Å². The van der Waals surface area contributed by atoms with Gasteiger partial charge < -0.3 is 9.88 Å². The minimum absolute atomic E-state index is 0.102. The first kappa shape index (κ1) is 14.0. The van der Waals surface area contributed by atoms with Crippen LogP contribution >= 0.6 is 23.2 Å². The van der Waals surface area contributed by atoms with E-state index < -0.39 is 0 Å². The van der Waals surface area contributed by atoms with Crippen molar-refractivity contribution < 1.29 is 4.79 Å². The van der Waals surface area contributed by atoms with Gasteiger partial charge in [0.05, 0.1) is 0 Å². The molecule has 1 N–H and O–H groups in total. The molecule has 0 fully saturated rings. The molecule has 21 heavy (non-hydrogen) atoms. The highest BCUT2D eigenvalue weighted by molar-refractivity contribution is 6.35. The minimum Gasteiger partial charge on any atom is -0.338 e. The second-order valence-corrected chi connectivity index (χ2v) is 5.51. The number of hydrogen-bond donors (Lipinski definition) is 1. The summed E-state index contributed by atoms with van der Waals surface area (Å²) in [6.07, 6.45) is 1.86. The van der Waals surface area contributed by atoms with Gasteiger partial charge in [0.2, 0.25) is 5.91 Å². The molecule has 2 aromatic carbocycles. The second kappa shape index (κ2) is 5.80. The Bertz CT molecular complexity index is 794. The van der Waals surface area contributed by atoms with Crippen molar-refractivity contribution in [1.82, 2.24) is 4.57 Å². The Labute approximate surface area is 132 Å². The monoisotopic (exact) mass is 318 g/mol. The van der Waals surface area contributed by atoms with Crippen LogP contribution in [0.2, 0.25) is 10.0 Å². The van der Waals surface area contributed by atoms with Crippen molar-refractivity contribution in [2.24, 2.45) is 0 Å². The fourth-order valence-corrected chi connectivity index (χ4v) is 2.57. The van der Waals surface area contributed by atoms with Gasteiger partial charge >= 0.3 is 0 Å². The second-order valence-electron chi connectivity index (χ2n) is 4.67. The number of amides is 1. The Kier molecular flexibility index (Phi) is 3.86. The fraction of sp³-hybridized carbons (Fsp3) is 0.0625. The summed E-state index contributed by atoms with van der Waals surface area (Å²) in [6.45, 7) is 0.229. The number of fused-ring (bicyclic) bond motifs is 1. The summed E-state index contributed by atoms with van der Waals surface area (Å²) < 4.78 is 1.87. The Balaban J connectivity index is 1.77. The summed E-state index contributed by atoms with van der Waals surface area (Å²) in [5, 5.41) is 5.10. The Morgan fingerprint density at radius 3 is 2.57 bits per heavy atom. The average molecular weight is 319 g/mol. The van der Waals surface area contributed by atoms with Crippen LogP contribution < -0.4 is 5.32 Å². The zero-order valence-electron chi connectivity index (χ0n) is 11.0. The summed E-state index contributed by atoms with van der Waals surface area (Å²) in [4.78, 5) is 12.1. The van der Waals surface area contributed by atoms with Crippen LogP contribution in [0.3, 0.4) is 0 Å². The molecule has 1 amide bonds. The van der Waals surface area contributed by atoms with Crippen molar-refractivity contribution in [2.75, 3.05) is 5.32 Å². The standard InChI is InChI=1S/C16H12Cl2N2O/c17-11-4-6-12(7-5-11)19-16(21)10-20-9-8-13-14(18)2-1-3-15(13)20/h1-9H,10H2,(H,19,21). The molecular formula is C16H12Cl2N2O. The summed E-state index contributed by atoms with van der Waals surface area (Å²) in [5.74, 6) is -0.102. The van der Waals surface area contributed by atoms with Gasteiger partial charge in [-0.15, -0.1) is 0 Å². The third-order valence-corrected chi connectivity index (χ3v) is 3.78. The Morgan fingerprint density at radius 1 is 1.05 bits per heavy atom. The highest BCUT2D eigenvalue weighted by Gasteiger charge is 2.08. The third-order valence-electron chi connectivity index (χ3n) is 3.20. The average Bonchev–Trinajstić information content (AvgIpc) is 2.86. The topological polar surface area (TPSA) is 34.0 Å². The number of carbonyl (C=O) groups is 1. The molecule has 0 saturated carbocycles. The van der Waals surface area contributed by atoms with Crippen LogP contribution in [0.1, 0.15) is 0 Å². The van der Waals surface area contributed by atoms with Gasteiger partial charge in [-0.2, -0.15) is 0 Å². The molecule has 0 aliphatic heterocycles. The van der Waals surface area contributed by atoms with Crippen molar-refractivity contribution in [3.05, 3.63) is 64.8 Å². The van der Waals surface area contributed by atoms with E-state index in [2.05, 4.69) is 5.32 Å². The maximum absolute atomic E-state index is 12.1. The first-order chi connectivity index (χ1) is 10.1. The number of aromatic nitrogens is 1. The maximum Gasteiger partial charge on any atom is 0.244 e. The van der Waals surface area contributed by atoms with Crippen LogP contribution in [0, 0.1) is 0 Å². The highest BCUT2D eigenvalue weighted by atomic mass is 35.5. The SMILES string of the molecule is O=C(Cn1ccc2c(Cl)cccc21)Nc1ccc(Cl)cc1. The molecule has 3 nitrogen and oxygen atoms in total. The van der Waals surface area contributed by atoms with Crippen molar-refractivity contribution in [3.63, 3.8) is 0 Å². The summed E-state index contributed by atoms with van der Waals surface area (Å²) in [5.41, 5.74) is 1.66. The van der Waals surface area contributed by atoms with E-state index in [0.717, 1.165) is 16.6 Å². The quantitative estimate of drug-likeness (QED) is 0.753. The molecule has 0 radical (unpaired) electrons. The molecule has 0 aliphatic rings. The summed E-state index contributed by atoms with van der Waals surface area (Å²) in [6, 6.07) is 14.6. The molecule has 3 aromatic rings. The van der Waals surface area contributed by atoms with Gasteiger partial charge in [-0.25, -0.2) is 0 Å². The van der Waals surface area contributed by atoms with Gasteiger partial charge in [-0.1, -0.05) is 29.3 Å². The number of nitrogens with one attached hydrogen (secondary N) is 1. The van der Waals surface area contributed by atoms with Crippen LogP contribution in [-0.4, -0.2) is 10.5 Å². The molecular weight excluding hydrogens is 307 g/mol. The molecule has 1 aromatic heterocycles. The number of rotatable bonds is 3. The lowest BCUT2D eigenvalue weighted by atomic mass is 10.2. The first-order valence-electron chi connectivity index (χ1n) is 6.42. The molecule has 0 unspecified atom stereocenters. The van der Waals surface area contributed by atoms with Gasteiger partial charge in [-0.3, -0.25) is 4.79 Å². The van der Waals surface area contributed by atoms with E-state index in [-0.39, 0.29) is 12.5 Å². The number of carbonyl (C=O) groups excluding carboxylic acids is 1. The molecule has 106 valence electrons. The maximum atomic E-state index is 12.1. The number of hydrogen-bond acceptors (Lipinski definition) is 1. The molecule has 0 atom stereocenters. The predicted molar refractivity (Wildman–Crippen MR) is 87.0 cm³/mol. The predicted octanol–water partition coefficient (Wildman–Crippen LogP) is 4.59. The van der Waals surface area contributed by atoms with Gasteiger partial charge in [0, 0.05) is 32.8 Å². The van der Waals surface area contributed by atoms with Crippen LogP contribution in [0.5, 0.6) is 0 Å². The molecule has 3 rings (SSSR count). The minimum atomic E-state index is -0.102. The molecule has 0 spiro atoms. The number of halogens is 2. The largest absolute Gasteiger partial charge is 0.338 e. The van der Waals surface area contributed by atoms with E-state index in [1.54, 1.807) is 24.3 Å². The van der Waals surface area contributed by atoms with Crippen LogP contribution in [0.15, 0.2) is 54.7 Å². The number of benzene rings is 2. The van der Waals surface area contributed by atoms with Crippen molar-refractivity contribution in [2.45, 2.75) is 6.54 Å². The zero-order chi connectivity index (χ0) is 14.8. The van der Waals surface area contributed by atoms with E-state index in [4.69, 9.17) is 23.2 Å². The van der Waals surface area contributed by atoms with Crippen LogP contribution in [-0.2, 0) is 11.3 Å². The molecule has 1 heterocycles. The van der Waals surface area contributed by atoms with Gasteiger partial charge in [0.1, 0.15) is 6.54 Å². The van der Waals surface area contributed by atoms with E-state index in [1.807, 2.05) is 35.0 Å². The molecule has 5 heteroatoms. The first-order valence-corrected chi connectivity index (χ1v) is 7.18. The van der Waals surface area contributed by atoms with Crippen LogP contribution in [0.25, 0.3) is 10.9 Å². The fourth-order valence-electron chi connectivity index (χ4n) is 2.21. The highest BCUT2D eigenvalue weighted by Crippen LogP contribution is 2.24. The normalized spacial score (nSPS) is 10.8. The van der Waals surface area contributed by atoms with E-state index in [0.29, 0.717) is 10.0 Å². The lowest BCUT2D eigenvalue weighted by Gasteiger charge is -2.07. The molecule has 0 bridgehead atoms. The Hall–Kier alpha value is -1.97.